The minimum Gasteiger partial charge on any atom is -0.338 e. The van der Waals surface area contributed by atoms with Gasteiger partial charge in [-0.3, -0.25) is 9.13 Å². The van der Waals surface area contributed by atoms with Gasteiger partial charge < -0.3 is 29.8 Å². The van der Waals surface area contributed by atoms with Gasteiger partial charge in [-0.05, 0) is 12.8 Å². The van der Waals surface area contributed by atoms with Gasteiger partial charge in [0, 0.05) is 20.1 Å². The molecule has 11 heteroatoms. The Morgan fingerprint density at radius 2 is 1.42 bits per heavy atom. The number of nitrogens with one attached hydrogen (secondary N) is 1. The van der Waals surface area contributed by atoms with Crippen LogP contribution in [0.25, 0.3) is 0 Å². The predicted molar refractivity (Wildman–Crippen MR) is 73.5 cm³/mol. The van der Waals surface area contributed by atoms with Crippen molar-refractivity contribution < 1.29 is 33.5 Å². The Kier molecular flexibility index (Phi) is 21.9. The second kappa shape index (κ2) is 17.6. The van der Waals surface area contributed by atoms with Crippen molar-refractivity contribution in [3.05, 3.63) is 0 Å². The molecule has 0 aliphatic carbocycles. The average Bonchev–Trinajstić information content (AvgIpc) is 2.24. The molecule has 0 aromatic heterocycles. The second-order valence-electron chi connectivity index (χ2n) is 3.22. The summed E-state index contributed by atoms with van der Waals surface area (Å²) in [6.45, 7) is 5.70. The topological polar surface area (TPSA) is 147 Å². The molecule has 0 unspecified atom stereocenters. The van der Waals surface area contributed by atoms with E-state index < -0.39 is 16.5 Å². The molecular weight excluding hydrogens is 298 g/mol. The first-order valence-electron chi connectivity index (χ1n) is 5.51. The van der Waals surface area contributed by atoms with E-state index in [9.17, 15) is 4.79 Å². The molecule has 0 aromatic rings. The van der Waals surface area contributed by atoms with Gasteiger partial charge in [-0.2, -0.15) is 0 Å². The molecule has 0 fully saturated rings. The maximum Gasteiger partial charge on any atom is 0.317 e. The molecule has 0 aromatic carbocycles. The van der Waals surface area contributed by atoms with E-state index in [1.54, 1.807) is 4.90 Å². The smallest absolute Gasteiger partial charge is 0.317 e. The summed E-state index contributed by atoms with van der Waals surface area (Å²) in [7, 11) is -4.45. The van der Waals surface area contributed by atoms with E-state index in [0.717, 1.165) is 25.9 Å². The van der Waals surface area contributed by atoms with Crippen LogP contribution in [0.15, 0.2) is 0 Å². The normalized spacial score (nSPS) is 9.11. The molecule has 118 valence electrons. The van der Waals surface area contributed by atoms with E-state index in [2.05, 4.69) is 12.2 Å². The lowest BCUT2D eigenvalue weighted by molar-refractivity contribution is 0.209. The van der Waals surface area contributed by atoms with Crippen molar-refractivity contribution in [3.8, 4) is 0 Å². The zero-order valence-electron chi connectivity index (χ0n) is 11.3. The summed E-state index contributed by atoms with van der Waals surface area (Å²) in [4.78, 5) is 41.4. The minimum absolute atomic E-state index is 0.0358. The first kappa shape index (κ1) is 23.6. The number of carbonyl (C=O) groups is 1. The molecule has 0 radical (unpaired) electrons. The van der Waals surface area contributed by atoms with Gasteiger partial charge in [-0.1, -0.05) is 13.8 Å². The third kappa shape index (κ3) is 38.1. The zero-order chi connectivity index (χ0) is 15.8. The molecule has 0 aliphatic heterocycles. The number of rotatable bonds is 4. The van der Waals surface area contributed by atoms with Gasteiger partial charge in [-0.15, -0.1) is 0 Å². The Bertz CT molecular complexity index is 245. The van der Waals surface area contributed by atoms with Gasteiger partial charge in [0.2, 0.25) is 0 Å². The summed E-state index contributed by atoms with van der Waals surface area (Å²) < 4.78 is 17.5. The highest BCUT2D eigenvalue weighted by Gasteiger charge is 2.03. The SMILES string of the molecule is CCCNC(=O)N(C)CCC.O=[PH](O)O.O=[PH](O)O. The number of nitrogens with zero attached hydrogens (tertiary/aromatic N) is 1. The van der Waals surface area contributed by atoms with Crippen LogP contribution >= 0.6 is 16.5 Å². The lowest BCUT2D eigenvalue weighted by atomic mass is 10.4. The first-order valence-corrected chi connectivity index (χ1v) is 8.12. The van der Waals surface area contributed by atoms with Gasteiger partial charge in [0.05, 0.1) is 0 Å². The van der Waals surface area contributed by atoms with E-state index in [0.29, 0.717) is 0 Å². The van der Waals surface area contributed by atoms with Gasteiger partial charge in [-0.25, -0.2) is 4.79 Å². The van der Waals surface area contributed by atoms with Crippen molar-refractivity contribution in [2.75, 3.05) is 20.1 Å². The largest absolute Gasteiger partial charge is 0.338 e. The number of hydrogen-bond donors (Lipinski definition) is 5. The van der Waals surface area contributed by atoms with Crippen molar-refractivity contribution >= 4 is 22.5 Å². The standard InChI is InChI=1S/C8H18N2O.2H3O3P/c1-4-6-9-8(11)10(3)7-5-2;2*1-4(2)3/h4-7H2,1-3H3,(H,9,11);2*4H,(H2,1,2,3). The number of urea groups is 1. The second-order valence-corrected chi connectivity index (χ2v) is 4.35. The molecule has 2 amide bonds. The number of hydrogen-bond acceptors (Lipinski definition) is 3. The summed E-state index contributed by atoms with van der Waals surface area (Å²) in [6.07, 6.45) is 2.00. The van der Waals surface area contributed by atoms with E-state index in [-0.39, 0.29) is 6.03 Å². The highest BCUT2D eigenvalue weighted by molar-refractivity contribution is 7.31. The Labute approximate surface area is 114 Å². The maximum absolute atomic E-state index is 11.1. The molecule has 0 spiro atoms. The van der Waals surface area contributed by atoms with Crippen LogP contribution in [0.4, 0.5) is 4.79 Å². The highest BCUT2D eigenvalue weighted by Crippen LogP contribution is 1.98. The van der Waals surface area contributed by atoms with Crippen LogP contribution < -0.4 is 5.32 Å². The van der Waals surface area contributed by atoms with E-state index in [1.165, 1.54) is 0 Å². The Morgan fingerprint density at radius 1 is 1.05 bits per heavy atom. The van der Waals surface area contributed by atoms with Gasteiger partial charge in [0.1, 0.15) is 0 Å². The third-order valence-electron chi connectivity index (χ3n) is 1.43. The van der Waals surface area contributed by atoms with Gasteiger partial charge >= 0.3 is 22.5 Å². The molecule has 0 atom stereocenters. The van der Waals surface area contributed by atoms with Crippen LogP contribution in [0.1, 0.15) is 26.7 Å². The Morgan fingerprint density at radius 3 is 1.68 bits per heavy atom. The fourth-order valence-electron chi connectivity index (χ4n) is 0.804. The maximum atomic E-state index is 11.1. The van der Waals surface area contributed by atoms with Crippen LogP contribution in [0, 0.1) is 0 Å². The third-order valence-corrected chi connectivity index (χ3v) is 1.43. The number of carbonyl (C=O) groups excluding carboxylic acids is 1. The summed E-state index contributed by atoms with van der Waals surface area (Å²) in [5.74, 6) is 0. The van der Waals surface area contributed by atoms with Gasteiger partial charge in [0.25, 0.3) is 0 Å². The van der Waals surface area contributed by atoms with E-state index >= 15 is 0 Å². The van der Waals surface area contributed by atoms with Crippen molar-refractivity contribution in [3.63, 3.8) is 0 Å². The predicted octanol–water partition coefficient (Wildman–Crippen LogP) is 0.169. The minimum atomic E-state index is -3.13. The molecule has 0 saturated heterocycles. The molecule has 0 rings (SSSR count). The summed E-state index contributed by atoms with van der Waals surface area (Å²) in [5, 5.41) is 2.80. The fraction of sp³-hybridized carbons (Fsp3) is 0.875. The molecule has 9 nitrogen and oxygen atoms in total. The summed E-state index contributed by atoms with van der Waals surface area (Å²) >= 11 is 0. The molecule has 0 bridgehead atoms. The van der Waals surface area contributed by atoms with Crippen molar-refractivity contribution in [1.82, 2.24) is 10.2 Å². The Hall–Kier alpha value is -0.430. The first-order chi connectivity index (χ1) is 8.68. The zero-order valence-corrected chi connectivity index (χ0v) is 13.3. The molecule has 5 N–H and O–H groups in total. The van der Waals surface area contributed by atoms with Crippen LogP contribution in [0.5, 0.6) is 0 Å². The van der Waals surface area contributed by atoms with Gasteiger partial charge in [0.15, 0.2) is 0 Å². The van der Waals surface area contributed by atoms with E-state index in [4.69, 9.17) is 28.7 Å². The van der Waals surface area contributed by atoms with E-state index in [1.807, 2.05) is 14.0 Å². The fourth-order valence-corrected chi connectivity index (χ4v) is 0.804. The summed E-state index contributed by atoms with van der Waals surface area (Å²) in [6, 6.07) is 0.0358. The monoisotopic (exact) mass is 322 g/mol. The lowest BCUT2D eigenvalue weighted by Gasteiger charge is -2.16. The van der Waals surface area contributed by atoms with Crippen molar-refractivity contribution in [1.29, 1.82) is 0 Å². The van der Waals surface area contributed by atoms with Crippen molar-refractivity contribution in [2.45, 2.75) is 26.7 Å². The lowest BCUT2D eigenvalue weighted by Crippen LogP contribution is -2.37. The highest BCUT2D eigenvalue weighted by atomic mass is 31.1. The quantitative estimate of drug-likeness (QED) is 0.463. The molecular formula is C8H24N2O7P2. The van der Waals surface area contributed by atoms with Crippen LogP contribution in [0.2, 0.25) is 0 Å². The molecule has 19 heavy (non-hydrogen) atoms. The van der Waals surface area contributed by atoms with Crippen molar-refractivity contribution in [2.24, 2.45) is 0 Å². The van der Waals surface area contributed by atoms with Crippen LogP contribution in [-0.2, 0) is 9.13 Å². The summed E-state index contributed by atoms with van der Waals surface area (Å²) in [5.41, 5.74) is 0. The average molecular weight is 322 g/mol. The van der Waals surface area contributed by atoms with Crippen LogP contribution in [-0.4, -0.2) is 50.6 Å². The molecule has 0 heterocycles. The van der Waals surface area contributed by atoms with Crippen LogP contribution in [0.3, 0.4) is 0 Å². The number of amides is 2. The molecule has 0 saturated carbocycles. The molecule has 0 aliphatic rings. The Balaban J connectivity index is -0.000000264.